The van der Waals surface area contributed by atoms with Gasteiger partial charge >= 0.3 is 12.1 Å². The number of benzene rings is 1. The van der Waals surface area contributed by atoms with Crippen molar-refractivity contribution in [1.29, 1.82) is 0 Å². The molecular weight excluding hydrogens is 470 g/mol. The molecule has 194 valence electrons. The number of fused-ring (bicyclic) bond motifs is 1. The van der Waals surface area contributed by atoms with Crippen LogP contribution in [0.2, 0.25) is 0 Å². The highest BCUT2D eigenvalue weighted by atomic mass is 32.1. The minimum absolute atomic E-state index is 0.0135. The van der Waals surface area contributed by atoms with Gasteiger partial charge in [-0.15, -0.1) is 0 Å². The molecule has 3 amide bonds. The molecule has 0 aromatic heterocycles. The van der Waals surface area contributed by atoms with Gasteiger partial charge in [0.25, 0.3) is 5.91 Å². The Labute approximate surface area is 212 Å². The molecule has 0 bridgehead atoms. The molecule has 1 aliphatic heterocycles. The first kappa shape index (κ1) is 28.5. The molecule has 0 fully saturated rings. The van der Waals surface area contributed by atoms with Crippen LogP contribution in [0.25, 0.3) is 0 Å². The van der Waals surface area contributed by atoms with Gasteiger partial charge in [0.2, 0.25) is 5.91 Å². The van der Waals surface area contributed by atoms with Gasteiger partial charge in [0.15, 0.2) is 0 Å². The second-order valence-corrected chi connectivity index (χ2v) is 10.3. The van der Waals surface area contributed by atoms with E-state index in [2.05, 4.69) is 17.9 Å². The molecule has 10 heteroatoms. The quantitative estimate of drug-likeness (QED) is 0.301. The van der Waals surface area contributed by atoms with E-state index in [0.717, 1.165) is 5.56 Å². The van der Waals surface area contributed by atoms with Crippen LogP contribution in [-0.4, -0.2) is 66.0 Å². The van der Waals surface area contributed by atoms with Gasteiger partial charge in [0.05, 0.1) is 29.7 Å². The summed E-state index contributed by atoms with van der Waals surface area (Å²) in [6.45, 7) is 8.99. The van der Waals surface area contributed by atoms with Crippen molar-refractivity contribution in [2.24, 2.45) is 0 Å². The zero-order chi connectivity index (χ0) is 26.3. The number of hydrogen-bond acceptors (Lipinski definition) is 7. The van der Waals surface area contributed by atoms with E-state index in [9.17, 15) is 19.2 Å². The van der Waals surface area contributed by atoms with E-state index in [1.165, 1.54) is 9.80 Å². The highest BCUT2D eigenvalue weighted by molar-refractivity contribution is 7.80. The first-order valence-corrected chi connectivity index (χ1v) is 12.4. The Morgan fingerprint density at radius 2 is 1.91 bits per heavy atom. The number of carbonyl (C=O) groups is 4. The monoisotopic (exact) mass is 507 g/mol. The maximum absolute atomic E-state index is 13.4. The van der Waals surface area contributed by atoms with Gasteiger partial charge in [-0.3, -0.25) is 14.4 Å². The van der Waals surface area contributed by atoms with Gasteiger partial charge in [-0.25, -0.2) is 4.79 Å². The van der Waals surface area contributed by atoms with Crippen LogP contribution in [0.3, 0.4) is 0 Å². The second-order valence-electron chi connectivity index (χ2n) is 9.65. The summed E-state index contributed by atoms with van der Waals surface area (Å²) in [7, 11) is 1.64. The Balaban J connectivity index is 2.08. The van der Waals surface area contributed by atoms with Gasteiger partial charge in [-0.1, -0.05) is 6.07 Å². The molecule has 2 rings (SSSR count). The lowest BCUT2D eigenvalue weighted by Crippen LogP contribution is -2.44. The molecule has 9 nitrogen and oxygen atoms in total. The Hall–Kier alpha value is -2.75. The number of ether oxygens (including phenoxy) is 2. The first-order chi connectivity index (χ1) is 16.3. The summed E-state index contributed by atoms with van der Waals surface area (Å²) < 4.78 is 10.2. The molecule has 35 heavy (non-hydrogen) atoms. The molecule has 1 aliphatic rings. The van der Waals surface area contributed by atoms with Gasteiger partial charge in [-0.05, 0) is 71.6 Å². The smallest absolute Gasteiger partial charge is 0.408 e. The van der Waals surface area contributed by atoms with Crippen LogP contribution in [0.15, 0.2) is 18.2 Å². The van der Waals surface area contributed by atoms with E-state index in [4.69, 9.17) is 9.47 Å². The fourth-order valence-electron chi connectivity index (χ4n) is 3.76. The number of anilines is 1. The van der Waals surface area contributed by atoms with Crippen molar-refractivity contribution < 1.29 is 28.7 Å². The number of esters is 1. The van der Waals surface area contributed by atoms with Crippen LogP contribution >= 0.6 is 12.6 Å². The van der Waals surface area contributed by atoms with Crippen LogP contribution in [0, 0.1) is 0 Å². The Morgan fingerprint density at radius 1 is 1.23 bits per heavy atom. The Morgan fingerprint density at radius 3 is 2.54 bits per heavy atom. The summed E-state index contributed by atoms with van der Waals surface area (Å²) in [4.78, 5) is 52.9. The fraction of sp³-hybridized carbons (Fsp3) is 0.600. The minimum atomic E-state index is -0.581. The highest BCUT2D eigenvalue weighted by Crippen LogP contribution is 2.28. The lowest BCUT2D eigenvalue weighted by Gasteiger charge is -2.26. The number of thiol groups is 1. The molecule has 2 unspecified atom stereocenters. The van der Waals surface area contributed by atoms with E-state index < -0.39 is 23.7 Å². The number of amides is 3. The molecule has 2 atom stereocenters. The lowest BCUT2D eigenvalue weighted by atomic mass is 10.0. The summed E-state index contributed by atoms with van der Waals surface area (Å²) in [5.41, 5.74) is 1.30. The van der Waals surface area contributed by atoms with E-state index in [1.807, 2.05) is 6.07 Å². The molecular formula is C25H37N3O6S. The van der Waals surface area contributed by atoms with E-state index in [1.54, 1.807) is 53.8 Å². The topological polar surface area (TPSA) is 105 Å². The van der Waals surface area contributed by atoms with Crippen molar-refractivity contribution in [3.05, 3.63) is 29.3 Å². The number of nitrogens with one attached hydrogen (secondary N) is 1. The number of alkyl carbamates (subject to hydrolysis) is 1. The number of aryl methyl sites for hydroxylation is 1. The third kappa shape index (κ3) is 8.45. The normalized spacial score (nSPS) is 15.7. The van der Waals surface area contributed by atoms with E-state index in [-0.39, 0.29) is 36.8 Å². The van der Waals surface area contributed by atoms with Crippen LogP contribution in [0.5, 0.6) is 0 Å². The van der Waals surface area contributed by atoms with Gasteiger partial charge < -0.3 is 24.6 Å². The summed E-state index contributed by atoms with van der Waals surface area (Å²) >= 11 is 4.42. The van der Waals surface area contributed by atoms with Gasteiger partial charge in [0.1, 0.15) is 12.1 Å². The maximum Gasteiger partial charge on any atom is 0.408 e. The van der Waals surface area contributed by atoms with E-state index >= 15 is 0 Å². The maximum atomic E-state index is 13.4. The Bertz CT molecular complexity index is 946. The van der Waals surface area contributed by atoms with Crippen molar-refractivity contribution >= 4 is 42.2 Å². The number of likely N-dealkylation sites (N-methyl/N-ethyl adjacent to an activating group) is 1. The number of rotatable bonds is 9. The molecule has 1 heterocycles. The standard InChI is InChI=1S/C25H37N3O6S/c1-7-33-22(30)13-16(2)28-15-21(29)27(6)19-12-11-17(14-18(19)23(28)31)9-8-10-20(35)26-24(32)34-25(3,4)5/h11-12,14,16,20,35H,7-10,13,15H2,1-6H3,(H,26,32). The highest BCUT2D eigenvalue weighted by Gasteiger charge is 2.33. The fourth-order valence-corrected chi connectivity index (χ4v) is 4.05. The second kappa shape index (κ2) is 12.3. The average molecular weight is 508 g/mol. The zero-order valence-electron chi connectivity index (χ0n) is 21.4. The van der Waals surface area contributed by atoms with E-state index in [0.29, 0.717) is 30.5 Å². The predicted molar refractivity (Wildman–Crippen MR) is 137 cm³/mol. The largest absolute Gasteiger partial charge is 0.466 e. The lowest BCUT2D eigenvalue weighted by molar-refractivity contribution is -0.144. The molecule has 0 saturated carbocycles. The molecule has 0 saturated heterocycles. The predicted octanol–water partition coefficient (Wildman–Crippen LogP) is 3.55. The third-order valence-corrected chi connectivity index (χ3v) is 5.91. The SMILES string of the molecule is CCOC(=O)CC(C)N1CC(=O)N(C)c2ccc(CCCC(S)NC(=O)OC(C)(C)C)cc2C1=O. The minimum Gasteiger partial charge on any atom is -0.466 e. The molecule has 1 aromatic rings. The zero-order valence-corrected chi connectivity index (χ0v) is 22.3. The summed E-state index contributed by atoms with van der Waals surface area (Å²) in [6, 6.07) is 4.97. The van der Waals surface area contributed by atoms with Crippen LogP contribution in [0.4, 0.5) is 10.5 Å². The summed E-state index contributed by atoms with van der Waals surface area (Å²) in [5, 5.41) is 2.34. The van der Waals surface area contributed by atoms with Crippen molar-refractivity contribution in [2.75, 3.05) is 25.1 Å². The van der Waals surface area contributed by atoms with Gasteiger partial charge in [0, 0.05) is 13.1 Å². The van der Waals surface area contributed by atoms with Crippen molar-refractivity contribution in [3.63, 3.8) is 0 Å². The van der Waals surface area contributed by atoms with Crippen molar-refractivity contribution in [2.45, 2.75) is 77.3 Å². The molecule has 0 spiro atoms. The van der Waals surface area contributed by atoms with Crippen LogP contribution < -0.4 is 10.2 Å². The number of hydrogen-bond donors (Lipinski definition) is 2. The molecule has 0 radical (unpaired) electrons. The number of carbonyl (C=O) groups excluding carboxylic acids is 4. The third-order valence-electron chi connectivity index (χ3n) is 5.52. The molecule has 0 aliphatic carbocycles. The summed E-state index contributed by atoms with van der Waals surface area (Å²) in [5.74, 6) is -0.935. The Kier molecular flexibility index (Phi) is 10.00. The first-order valence-electron chi connectivity index (χ1n) is 11.9. The summed E-state index contributed by atoms with van der Waals surface area (Å²) in [6.07, 6.45) is 1.48. The van der Waals surface area contributed by atoms with Gasteiger partial charge in [-0.2, -0.15) is 12.6 Å². The molecule has 1 N–H and O–H groups in total. The van der Waals surface area contributed by atoms with Crippen LogP contribution in [0.1, 0.15) is 69.8 Å². The molecule has 1 aromatic carbocycles. The van der Waals surface area contributed by atoms with Crippen molar-refractivity contribution in [1.82, 2.24) is 10.2 Å². The average Bonchev–Trinajstić information content (AvgIpc) is 2.83. The van der Waals surface area contributed by atoms with Crippen LogP contribution in [-0.2, 0) is 25.5 Å². The number of nitrogens with zero attached hydrogens (tertiary/aromatic N) is 2. The van der Waals surface area contributed by atoms with Crippen molar-refractivity contribution in [3.8, 4) is 0 Å².